The van der Waals surface area contributed by atoms with Gasteiger partial charge < -0.3 is 18.9 Å². The molecule has 1 saturated heterocycles. The third-order valence-electron chi connectivity index (χ3n) is 4.51. The van der Waals surface area contributed by atoms with Gasteiger partial charge in [0, 0.05) is 0 Å². The second-order valence-corrected chi connectivity index (χ2v) is 7.66. The third kappa shape index (κ3) is 3.38. The summed E-state index contributed by atoms with van der Waals surface area (Å²) in [5, 5.41) is 0. The van der Waals surface area contributed by atoms with Gasteiger partial charge in [0.1, 0.15) is 13.2 Å². The van der Waals surface area contributed by atoms with Crippen molar-refractivity contribution in [2.75, 3.05) is 13.2 Å². The maximum atomic E-state index is 6.04. The summed E-state index contributed by atoms with van der Waals surface area (Å²) in [6.07, 6.45) is -0.781. The summed E-state index contributed by atoms with van der Waals surface area (Å²) in [7, 11) is 0. The quantitative estimate of drug-likeness (QED) is 0.797. The number of hydrogen-bond donors (Lipinski definition) is 0. The summed E-state index contributed by atoms with van der Waals surface area (Å²) >= 11 is 0. The molecule has 0 radical (unpaired) electrons. The number of nitrogens with zero attached hydrogens (tertiary/aromatic N) is 2. The lowest BCUT2D eigenvalue weighted by Gasteiger charge is -2.16. The second-order valence-electron chi connectivity index (χ2n) is 7.66. The molecule has 0 aromatic rings. The topological polar surface area (TPSA) is 61.6 Å². The molecule has 1 fully saturated rings. The molecule has 6 heteroatoms. The summed E-state index contributed by atoms with van der Waals surface area (Å²) < 4.78 is 23.7. The fourth-order valence-electron chi connectivity index (χ4n) is 2.93. The van der Waals surface area contributed by atoms with Gasteiger partial charge in [0.05, 0.1) is 12.1 Å². The lowest BCUT2D eigenvalue weighted by molar-refractivity contribution is -0.138. The summed E-state index contributed by atoms with van der Waals surface area (Å²) in [5.41, 5.74) is 0. The number of ether oxygens (including phenoxy) is 4. The zero-order chi connectivity index (χ0) is 16.8. The Morgan fingerprint density at radius 2 is 1.22 bits per heavy atom. The molecule has 0 aromatic heterocycles. The van der Waals surface area contributed by atoms with E-state index in [9.17, 15) is 0 Å². The highest BCUT2D eigenvalue weighted by molar-refractivity contribution is 5.93. The molecule has 0 spiro atoms. The van der Waals surface area contributed by atoms with Crippen molar-refractivity contribution < 1.29 is 18.9 Å². The molecule has 4 atom stereocenters. The fraction of sp³-hybridized carbons (Fsp3) is 0.882. The average molecular weight is 324 g/mol. The minimum Gasteiger partial charge on any atom is -0.477 e. The Morgan fingerprint density at radius 1 is 0.826 bits per heavy atom. The lowest BCUT2D eigenvalue weighted by Crippen LogP contribution is -2.37. The van der Waals surface area contributed by atoms with Gasteiger partial charge in [-0.05, 0) is 25.7 Å². The Balaban J connectivity index is 1.81. The summed E-state index contributed by atoms with van der Waals surface area (Å²) in [4.78, 5) is 9.38. The molecule has 0 aromatic carbocycles. The van der Waals surface area contributed by atoms with Crippen LogP contribution in [-0.4, -0.2) is 55.1 Å². The molecule has 130 valence electrons. The highest BCUT2D eigenvalue weighted by Crippen LogP contribution is 2.33. The van der Waals surface area contributed by atoms with E-state index >= 15 is 0 Å². The molecular weight excluding hydrogens is 296 g/mol. The average Bonchev–Trinajstić information content (AvgIpc) is 3.14. The molecule has 0 saturated carbocycles. The molecular formula is C17H28N2O4. The van der Waals surface area contributed by atoms with E-state index in [0.717, 1.165) is 0 Å². The first-order valence-corrected chi connectivity index (χ1v) is 8.53. The van der Waals surface area contributed by atoms with Crippen LogP contribution in [-0.2, 0) is 18.9 Å². The monoisotopic (exact) mass is 324 g/mol. The van der Waals surface area contributed by atoms with Crippen LogP contribution in [0.5, 0.6) is 0 Å². The van der Waals surface area contributed by atoms with Gasteiger partial charge >= 0.3 is 0 Å². The van der Waals surface area contributed by atoms with E-state index < -0.39 is 18.0 Å². The van der Waals surface area contributed by atoms with Gasteiger partial charge in [0.25, 0.3) is 0 Å². The molecule has 3 heterocycles. The molecule has 23 heavy (non-hydrogen) atoms. The smallest absolute Gasteiger partial charge is 0.217 e. The van der Waals surface area contributed by atoms with E-state index in [0.29, 0.717) is 36.8 Å². The normalized spacial score (nSPS) is 36.2. The van der Waals surface area contributed by atoms with Crippen LogP contribution in [0.3, 0.4) is 0 Å². The Hall–Kier alpha value is -1.14. The third-order valence-corrected chi connectivity index (χ3v) is 4.51. The number of hydrogen-bond acceptors (Lipinski definition) is 6. The van der Waals surface area contributed by atoms with E-state index in [-0.39, 0.29) is 12.1 Å². The van der Waals surface area contributed by atoms with Crippen molar-refractivity contribution in [3.8, 4) is 0 Å². The zero-order valence-corrected chi connectivity index (χ0v) is 14.9. The minimum absolute atomic E-state index is 0.174. The molecule has 0 bridgehead atoms. The van der Waals surface area contributed by atoms with E-state index in [2.05, 4.69) is 37.7 Å². The van der Waals surface area contributed by atoms with Crippen molar-refractivity contribution >= 4 is 11.8 Å². The molecule has 3 rings (SSSR count). The standard InChI is InChI=1S/C17H28N2O4/c1-9(2)11-7-20-15(18-11)13-14(23-17(5,6)22-13)16-19-12(8-21-16)10(3)4/h9-14H,7-8H2,1-6H3/t11-,12-,13-,14?/m1/s1. The zero-order valence-electron chi connectivity index (χ0n) is 14.9. The van der Waals surface area contributed by atoms with Gasteiger partial charge in [-0.2, -0.15) is 0 Å². The van der Waals surface area contributed by atoms with Gasteiger partial charge in [-0.25, -0.2) is 9.98 Å². The maximum absolute atomic E-state index is 6.04. The fourth-order valence-corrected chi connectivity index (χ4v) is 2.93. The van der Waals surface area contributed by atoms with Gasteiger partial charge in [0.15, 0.2) is 18.0 Å². The summed E-state index contributed by atoms with van der Waals surface area (Å²) in [6, 6.07) is 0.348. The Kier molecular flexibility index (Phi) is 4.40. The molecule has 0 N–H and O–H groups in total. The van der Waals surface area contributed by atoms with Crippen LogP contribution in [0.15, 0.2) is 9.98 Å². The van der Waals surface area contributed by atoms with Crippen LogP contribution in [0.4, 0.5) is 0 Å². The SMILES string of the molecule is CC(C)[C@H]1COC(C2OC(C)(C)O[C@H]2C2=N[C@@H](C(C)C)CO2)=N1. The number of rotatable bonds is 4. The van der Waals surface area contributed by atoms with Crippen molar-refractivity contribution in [2.45, 2.75) is 71.6 Å². The van der Waals surface area contributed by atoms with Crippen LogP contribution < -0.4 is 0 Å². The minimum atomic E-state index is -0.709. The van der Waals surface area contributed by atoms with Crippen molar-refractivity contribution in [1.82, 2.24) is 0 Å². The Labute approximate surface area is 138 Å². The molecule has 0 aliphatic carbocycles. The summed E-state index contributed by atoms with van der Waals surface area (Å²) in [6.45, 7) is 13.6. The van der Waals surface area contributed by atoms with Crippen molar-refractivity contribution in [2.24, 2.45) is 21.8 Å². The van der Waals surface area contributed by atoms with Crippen LogP contribution in [0.2, 0.25) is 0 Å². The van der Waals surface area contributed by atoms with Crippen molar-refractivity contribution in [3.63, 3.8) is 0 Å². The van der Waals surface area contributed by atoms with Crippen LogP contribution in [0.1, 0.15) is 41.5 Å². The van der Waals surface area contributed by atoms with Crippen LogP contribution in [0.25, 0.3) is 0 Å². The largest absolute Gasteiger partial charge is 0.477 e. The van der Waals surface area contributed by atoms with E-state index in [1.165, 1.54) is 0 Å². The Bertz CT molecular complexity index is 469. The highest BCUT2D eigenvalue weighted by Gasteiger charge is 2.50. The molecule has 3 aliphatic heterocycles. The van der Waals surface area contributed by atoms with Gasteiger partial charge in [-0.1, -0.05) is 27.7 Å². The van der Waals surface area contributed by atoms with E-state index in [1.54, 1.807) is 0 Å². The first-order chi connectivity index (χ1) is 10.8. The van der Waals surface area contributed by atoms with E-state index in [1.807, 2.05) is 13.8 Å². The van der Waals surface area contributed by atoms with Crippen LogP contribution >= 0.6 is 0 Å². The van der Waals surface area contributed by atoms with Gasteiger partial charge in [-0.3, -0.25) is 0 Å². The molecule has 6 nitrogen and oxygen atoms in total. The lowest BCUT2D eigenvalue weighted by atomic mass is 10.1. The second kappa shape index (κ2) is 6.06. The van der Waals surface area contributed by atoms with Crippen LogP contribution in [0, 0.1) is 11.8 Å². The highest BCUT2D eigenvalue weighted by atomic mass is 16.8. The van der Waals surface area contributed by atoms with Crippen molar-refractivity contribution in [3.05, 3.63) is 0 Å². The first-order valence-electron chi connectivity index (χ1n) is 8.53. The molecule has 0 amide bonds. The maximum Gasteiger partial charge on any atom is 0.217 e. The predicted molar refractivity (Wildman–Crippen MR) is 87.9 cm³/mol. The van der Waals surface area contributed by atoms with Gasteiger partial charge in [0.2, 0.25) is 11.8 Å². The number of aliphatic imine (C=N–C) groups is 2. The van der Waals surface area contributed by atoms with E-state index in [4.69, 9.17) is 18.9 Å². The first kappa shape index (κ1) is 16.7. The van der Waals surface area contributed by atoms with Gasteiger partial charge in [-0.15, -0.1) is 0 Å². The predicted octanol–water partition coefficient (Wildman–Crippen LogP) is 2.41. The molecule has 3 aliphatic rings. The summed E-state index contributed by atoms with van der Waals surface area (Å²) in [5.74, 6) is 1.38. The molecule has 1 unspecified atom stereocenters. The van der Waals surface area contributed by atoms with Crippen molar-refractivity contribution in [1.29, 1.82) is 0 Å². The Morgan fingerprint density at radius 3 is 1.52 bits per heavy atom.